The zero-order chi connectivity index (χ0) is 22.4. The Morgan fingerprint density at radius 1 is 1.10 bits per heavy atom. The third-order valence-electron chi connectivity index (χ3n) is 4.99. The normalized spacial score (nSPS) is 10.6. The van der Waals surface area contributed by atoms with Crippen LogP contribution >= 0.6 is 0 Å². The smallest absolute Gasteiger partial charge is 0.330 e. The Balaban J connectivity index is 1.70. The topological polar surface area (TPSA) is 110 Å². The molecule has 1 amide bonds. The van der Waals surface area contributed by atoms with Gasteiger partial charge in [0.2, 0.25) is 5.91 Å². The number of anilines is 2. The molecule has 1 heterocycles. The Bertz CT molecular complexity index is 1170. The van der Waals surface area contributed by atoms with Crippen LogP contribution in [0, 0.1) is 6.92 Å². The van der Waals surface area contributed by atoms with Gasteiger partial charge in [-0.05, 0) is 30.5 Å². The van der Waals surface area contributed by atoms with E-state index in [1.165, 1.54) is 16.5 Å². The minimum Gasteiger partial charge on any atom is -0.493 e. The Hall–Kier alpha value is -3.81. The maximum Gasteiger partial charge on any atom is 0.330 e. The molecule has 0 atom stereocenters. The fourth-order valence-electron chi connectivity index (χ4n) is 3.24. The number of H-pyrrole nitrogens is 1. The van der Waals surface area contributed by atoms with E-state index in [9.17, 15) is 14.4 Å². The van der Waals surface area contributed by atoms with E-state index in [1.807, 2.05) is 61.5 Å². The highest BCUT2D eigenvalue weighted by Gasteiger charge is 2.20. The molecule has 0 aliphatic carbocycles. The molecule has 0 saturated heterocycles. The summed E-state index contributed by atoms with van der Waals surface area (Å²) in [4.78, 5) is 40.8. The van der Waals surface area contributed by atoms with E-state index in [0.29, 0.717) is 13.0 Å². The van der Waals surface area contributed by atoms with Crippen LogP contribution in [0.1, 0.15) is 24.0 Å². The Kier molecular flexibility index (Phi) is 6.92. The van der Waals surface area contributed by atoms with Crippen molar-refractivity contribution in [2.24, 2.45) is 0 Å². The van der Waals surface area contributed by atoms with Crippen LogP contribution in [0.4, 0.5) is 11.5 Å². The van der Waals surface area contributed by atoms with Crippen molar-refractivity contribution >= 4 is 17.4 Å². The quantitative estimate of drug-likeness (QED) is 0.541. The van der Waals surface area contributed by atoms with E-state index in [0.717, 1.165) is 16.9 Å². The molecule has 0 bridgehead atoms. The van der Waals surface area contributed by atoms with Crippen LogP contribution in [-0.4, -0.2) is 29.1 Å². The van der Waals surface area contributed by atoms with Crippen molar-refractivity contribution in [1.82, 2.24) is 9.55 Å². The average molecular weight is 422 g/mol. The van der Waals surface area contributed by atoms with Crippen molar-refractivity contribution in [1.29, 1.82) is 0 Å². The van der Waals surface area contributed by atoms with Gasteiger partial charge in [-0.15, -0.1) is 0 Å². The number of carbonyl (C=O) groups is 1. The number of para-hydroxylation sites is 1. The van der Waals surface area contributed by atoms with Crippen molar-refractivity contribution in [3.8, 4) is 5.75 Å². The summed E-state index contributed by atoms with van der Waals surface area (Å²) in [6, 6.07) is 16.9. The van der Waals surface area contributed by atoms with E-state index in [-0.39, 0.29) is 30.4 Å². The fraction of sp³-hybridized carbons (Fsp3) is 0.261. The lowest BCUT2D eigenvalue weighted by atomic mass is 10.2. The molecule has 8 nitrogen and oxygen atoms in total. The number of hydrogen-bond donors (Lipinski definition) is 2. The second-order valence-corrected chi connectivity index (χ2v) is 7.24. The van der Waals surface area contributed by atoms with Crippen LogP contribution in [0.3, 0.4) is 0 Å². The van der Waals surface area contributed by atoms with E-state index in [1.54, 1.807) is 0 Å². The number of aromatic amines is 1. The summed E-state index contributed by atoms with van der Waals surface area (Å²) in [6.07, 6.45) is 0.637. The number of aryl methyl sites for hydroxylation is 1. The Labute approximate surface area is 179 Å². The highest BCUT2D eigenvalue weighted by molar-refractivity contribution is 5.94. The number of nitrogens with two attached hydrogens (primary N) is 1. The van der Waals surface area contributed by atoms with Crippen molar-refractivity contribution in [3.63, 3.8) is 0 Å². The number of amides is 1. The number of aromatic nitrogens is 2. The first kappa shape index (κ1) is 21.9. The van der Waals surface area contributed by atoms with Gasteiger partial charge in [0.25, 0.3) is 5.56 Å². The lowest BCUT2D eigenvalue weighted by Crippen LogP contribution is -2.39. The number of hydrogen-bond acceptors (Lipinski definition) is 5. The molecular formula is C23H26N4O4. The van der Waals surface area contributed by atoms with Crippen LogP contribution in [0.5, 0.6) is 5.75 Å². The number of carbonyl (C=O) groups excluding carboxylic acids is 1. The first-order chi connectivity index (χ1) is 14.9. The summed E-state index contributed by atoms with van der Waals surface area (Å²) in [7, 11) is 1.48. The zero-order valence-electron chi connectivity index (χ0n) is 17.6. The zero-order valence-corrected chi connectivity index (χ0v) is 17.6. The van der Waals surface area contributed by atoms with Gasteiger partial charge in [-0.3, -0.25) is 19.1 Å². The van der Waals surface area contributed by atoms with E-state index < -0.39 is 11.2 Å². The van der Waals surface area contributed by atoms with Crippen molar-refractivity contribution in [2.45, 2.75) is 26.3 Å². The van der Waals surface area contributed by atoms with Gasteiger partial charge in [0.15, 0.2) is 5.69 Å². The number of benzene rings is 2. The molecule has 0 aliphatic rings. The fourth-order valence-corrected chi connectivity index (χ4v) is 3.24. The predicted octanol–water partition coefficient (Wildman–Crippen LogP) is 2.30. The maximum absolute atomic E-state index is 12.7. The monoisotopic (exact) mass is 422 g/mol. The third kappa shape index (κ3) is 5.22. The Morgan fingerprint density at radius 2 is 1.77 bits per heavy atom. The molecule has 162 valence electrons. The molecule has 31 heavy (non-hydrogen) atoms. The summed E-state index contributed by atoms with van der Waals surface area (Å²) in [5.41, 5.74) is 6.65. The number of nitrogens with zero attached hydrogens (tertiary/aromatic N) is 2. The number of nitrogens with one attached hydrogen (secondary N) is 1. The van der Waals surface area contributed by atoms with Crippen LogP contribution in [0.15, 0.2) is 64.2 Å². The average Bonchev–Trinajstić information content (AvgIpc) is 2.75. The number of ether oxygens (including phenoxy) is 1. The van der Waals surface area contributed by atoms with Gasteiger partial charge in [-0.2, -0.15) is 0 Å². The molecular weight excluding hydrogens is 396 g/mol. The van der Waals surface area contributed by atoms with Gasteiger partial charge >= 0.3 is 5.69 Å². The minimum atomic E-state index is -0.696. The summed E-state index contributed by atoms with van der Waals surface area (Å²) in [5.74, 6) is 0.428. The predicted molar refractivity (Wildman–Crippen MR) is 121 cm³/mol. The summed E-state index contributed by atoms with van der Waals surface area (Å²) in [5, 5.41) is 0. The first-order valence-electron chi connectivity index (χ1n) is 10.00. The molecule has 3 rings (SSSR count). The van der Waals surface area contributed by atoms with Gasteiger partial charge < -0.3 is 15.4 Å². The molecule has 1 aromatic heterocycles. The van der Waals surface area contributed by atoms with Crippen LogP contribution in [0.2, 0.25) is 0 Å². The third-order valence-corrected chi connectivity index (χ3v) is 4.99. The largest absolute Gasteiger partial charge is 0.493 e. The maximum atomic E-state index is 12.7. The molecule has 3 N–H and O–H groups in total. The highest BCUT2D eigenvalue weighted by atomic mass is 16.5. The summed E-state index contributed by atoms with van der Waals surface area (Å²) >= 11 is 0. The van der Waals surface area contributed by atoms with Gasteiger partial charge in [0.05, 0.1) is 13.2 Å². The number of rotatable bonds is 8. The second-order valence-electron chi connectivity index (χ2n) is 7.24. The van der Waals surface area contributed by atoms with Gasteiger partial charge in [-0.1, -0.05) is 48.5 Å². The van der Waals surface area contributed by atoms with Crippen molar-refractivity contribution < 1.29 is 9.53 Å². The summed E-state index contributed by atoms with van der Waals surface area (Å²) < 4.78 is 6.96. The molecule has 8 heteroatoms. The van der Waals surface area contributed by atoms with Crippen molar-refractivity contribution in [2.75, 3.05) is 24.3 Å². The summed E-state index contributed by atoms with van der Waals surface area (Å²) in [6.45, 7) is 2.50. The molecule has 3 aromatic rings. The van der Waals surface area contributed by atoms with Crippen LogP contribution < -0.4 is 26.6 Å². The minimum absolute atomic E-state index is 0.0413. The molecule has 0 radical (unpaired) electrons. The second kappa shape index (κ2) is 9.80. The molecule has 0 spiro atoms. The highest BCUT2D eigenvalue weighted by Crippen LogP contribution is 2.19. The lowest BCUT2D eigenvalue weighted by molar-refractivity contribution is -0.118. The first-order valence-corrected chi connectivity index (χ1v) is 10.00. The van der Waals surface area contributed by atoms with Gasteiger partial charge in [-0.25, -0.2) is 4.79 Å². The van der Waals surface area contributed by atoms with Crippen LogP contribution in [0.25, 0.3) is 0 Å². The van der Waals surface area contributed by atoms with E-state index in [2.05, 4.69) is 4.98 Å². The van der Waals surface area contributed by atoms with Crippen LogP contribution in [-0.2, 0) is 11.3 Å². The standard InChI is InChI=1S/C23H26N4O4/c1-16-9-6-7-12-18(16)31-14-8-13-19(28)26(2)20-21(24)27(23(30)25-22(20)29)15-17-10-4-3-5-11-17/h3-7,9-12H,8,13-15,24H2,1-2H3,(H,25,29,30). The number of nitrogen functional groups attached to an aromatic ring is 1. The van der Waals surface area contributed by atoms with Crippen molar-refractivity contribution in [3.05, 3.63) is 86.6 Å². The van der Waals surface area contributed by atoms with Gasteiger partial charge in [0, 0.05) is 13.5 Å². The molecule has 0 saturated carbocycles. The van der Waals surface area contributed by atoms with E-state index >= 15 is 0 Å². The molecule has 0 fully saturated rings. The Morgan fingerprint density at radius 3 is 2.48 bits per heavy atom. The lowest BCUT2D eigenvalue weighted by Gasteiger charge is -2.20. The molecule has 0 aliphatic heterocycles. The molecule has 0 unspecified atom stereocenters. The molecule has 2 aromatic carbocycles. The van der Waals surface area contributed by atoms with E-state index in [4.69, 9.17) is 10.5 Å². The van der Waals surface area contributed by atoms with Gasteiger partial charge in [0.1, 0.15) is 11.6 Å². The SMILES string of the molecule is Cc1ccccc1OCCCC(=O)N(C)c1c(N)n(Cc2ccccc2)c(=O)[nH]c1=O.